The van der Waals surface area contributed by atoms with Crippen molar-refractivity contribution in [2.75, 3.05) is 25.6 Å². The van der Waals surface area contributed by atoms with Crippen LogP contribution in [0.25, 0.3) is 11.5 Å². The van der Waals surface area contributed by atoms with Crippen molar-refractivity contribution < 1.29 is 18.7 Å². The predicted octanol–water partition coefficient (Wildman–Crippen LogP) is 2.99. The summed E-state index contributed by atoms with van der Waals surface area (Å²) >= 11 is 0. The number of anilines is 1. The van der Waals surface area contributed by atoms with Crippen LogP contribution in [0.3, 0.4) is 0 Å². The molecule has 0 fully saturated rings. The lowest BCUT2D eigenvalue weighted by molar-refractivity contribution is -0.133. The molecule has 2 aromatic heterocycles. The predicted molar refractivity (Wildman–Crippen MR) is 126 cm³/mol. The Morgan fingerprint density at radius 1 is 1.11 bits per heavy atom. The minimum absolute atomic E-state index is 0.0236. The Bertz CT molecular complexity index is 1270. The molecule has 1 aromatic carbocycles. The number of fused-ring (bicyclic) bond motifs is 2. The molecular formula is C25H27FN6O3. The van der Waals surface area contributed by atoms with Gasteiger partial charge in [0, 0.05) is 33.2 Å². The third-order valence-electron chi connectivity index (χ3n) is 6.50. The summed E-state index contributed by atoms with van der Waals surface area (Å²) in [6.07, 6.45) is 3.86. The molecule has 182 valence electrons. The van der Waals surface area contributed by atoms with E-state index in [1.807, 2.05) is 6.07 Å². The number of carbonyl (C=O) groups is 2. The van der Waals surface area contributed by atoms with E-state index in [9.17, 15) is 14.0 Å². The number of halogens is 1. The molecule has 35 heavy (non-hydrogen) atoms. The summed E-state index contributed by atoms with van der Waals surface area (Å²) < 4.78 is 21.9. The third kappa shape index (κ3) is 4.79. The van der Waals surface area contributed by atoms with Crippen LogP contribution in [0.5, 0.6) is 0 Å². The molecule has 0 saturated heterocycles. The molecule has 4 heterocycles. The lowest BCUT2D eigenvalue weighted by Gasteiger charge is -2.29. The molecule has 2 aliphatic heterocycles. The van der Waals surface area contributed by atoms with Gasteiger partial charge >= 0.3 is 0 Å². The van der Waals surface area contributed by atoms with Crippen LogP contribution < -0.4 is 5.32 Å². The fourth-order valence-corrected chi connectivity index (χ4v) is 4.62. The molecule has 0 radical (unpaired) electrons. The maximum atomic E-state index is 14.8. The van der Waals surface area contributed by atoms with Gasteiger partial charge in [-0.1, -0.05) is 6.07 Å². The minimum atomic E-state index is -0.596. The average Bonchev–Trinajstić information content (AvgIpc) is 3.31. The van der Waals surface area contributed by atoms with E-state index in [1.165, 1.54) is 12.1 Å². The first-order chi connectivity index (χ1) is 17.0. The van der Waals surface area contributed by atoms with Crippen LogP contribution >= 0.6 is 0 Å². The van der Waals surface area contributed by atoms with Crippen LogP contribution in [0.15, 0.2) is 30.3 Å². The smallest absolute Gasteiger partial charge is 0.259 e. The lowest BCUT2D eigenvalue weighted by atomic mass is 9.96. The lowest BCUT2D eigenvalue weighted by Crippen LogP contribution is -2.36. The summed E-state index contributed by atoms with van der Waals surface area (Å²) in [6, 6.07) is 8.18. The van der Waals surface area contributed by atoms with Crippen molar-refractivity contribution in [3.05, 3.63) is 58.7 Å². The Morgan fingerprint density at radius 2 is 2.00 bits per heavy atom. The Morgan fingerprint density at radius 3 is 2.86 bits per heavy atom. The maximum Gasteiger partial charge on any atom is 0.259 e. The molecule has 3 aromatic rings. The maximum absolute atomic E-state index is 14.8. The third-order valence-corrected chi connectivity index (χ3v) is 6.50. The van der Waals surface area contributed by atoms with Crippen molar-refractivity contribution in [3.8, 4) is 11.5 Å². The summed E-state index contributed by atoms with van der Waals surface area (Å²) in [6.45, 7) is 2.04. The van der Waals surface area contributed by atoms with Gasteiger partial charge in [-0.3, -0.25) is 9.59 Å². The second kappa shape index (κ2) is 9.91. The van der Waals surface area contributed by atoms with Gasteiger partial charge in [-0.15, -0.1) is 10.2 Å². The standard InChI is InChI=1S/C25H27FN6O3/c1-35-12-9-23(33)31-11-8-16-14-19(26)18(13-17(16)15-31)25(34)28-21-6-4-5-20(27-21)24-30-29-22-7-2-3-10-32(22)24/h4-6,13-14H,2-3,7-12,15H2,1H3,(H,27,28,34). The fraction of sp³-hybridized carbons (Fsp3) is 0.400. The van der Waals surface area contributed by atoms with Crippen molar-refractivity contribution >= 4 is 17.6 Å². The number of hydrogen-bond acceptors (Lipinski definition) is 6. The van der Waals surface area contributed by atoms with Crippen LogP contribution in [0.1, 0.15) is 46.6 Å². The fourth-order valence-electron chi connectivity index (χ4n) is 4.62. The van der Waals surface area contributed by atoms with Gasteiger partial charge in [0.15, 0.2) is 5.82 Å². The first-order valence-corrected chi connectivity index (χ1v) is 11.8. The van der Waals surface area contributed by atoms with Crippen molar-refractivity contribution in [1.82, 2.24) is 24.6 Å². The molecule has 0 saturated carbocycles. The molecule has 5 rings (SSSR count). The first-order valence-electron chi connectivity index (χ1n) is 11.8. The van der Waals surface area contributed by atoms with Crippen LogP contribution in [0, 0.1) is 5.82 Å². The van der Waals surface area contributed by atoms with Crippen molar-refractivity contribution in [3.63, 3.8) is 0 Å². The number of aryl methyl sites for hydroxylation is 1. The van der Waals surface area contributed by atoms with Gasteiger partial charge in [-0.05, 0) is 54.7 Å². The summed E-state index contributed by atoms with van der Waals surface area (Å²) in [5.74, 6) is 0.685. The van der Waals surface area contributed by atoms with E-state index < -0.39 is 11.7 Å². The number of ether oxygens (including phenoxy) is 1. The largest absolute Gasteiger partial charge is 0.384 e. The molecule has 9 nitrogen and oxygen atoms in total. The highest BCUT2D eigenvalue weighted by atomic mass is 19.1. The second-order valence-electron chi connectivity index (χ2n) is 8.82. The summed E-state index contributed by atoms with van der Waals surface area (Å²) in [5, 5.41) is 11.3. The molecule has 0 atom stereocenters. The number of nitrogens with one attached hydrogen (secondary N) is 1. The van der Waals surface area contributed by atoms with Gasteiger partial charge in [0.25, 0.3) is 5.91 Å². The number of carbonyl (C=O) groups excluding carboxylic acids is 2. The number of methoxy groups -OCH3 is 1. The quantitative estimate of drug-likeness (QED) is 0.584. The number of rotatable bonds is 6. The topological polar surface area (TPSA) is 102 Å². The Hall–Kier alpha value is -3.66. The number of amides is 2. The van der Waals surface area contributed by atoms with E-state index in [1.54, 1.807) is 24.1 Å². The number of nitrogens with zero attached hydrogens (tertiary/aromatic N) is 5. The van der Waals surface area contributed by atoms with Crippen LogP contribution in [-0.4, -0.2) is 56.7 Å². The monoisotopic (exact) mass is 478 g/mol. The molecule has 2 amide bonds. The molecule has 10 heteroatoms. The van der Waals surface area contributed by atoms with Gasteiger partial charge in [0.2, 0.25) is 5.91 Å². The Balaban J connectivity index is 1.34. The highest BCUT2D eigenvalue weighted by Gasteiger charge is 2.24. The van der Waals surface area contributed by atoms with Crippen LogP contribution in [0.2, 0.25) is 0 Å². The van der Waals surface area contributed by atoms with E-state index in [0.717, 1.165) is 42.8 Å². The highest BCUT2D eigenvalue weighted by molar-refractivity contribution is 6.04. The molecular weight excluding hydrogens is 451 g/mol. The zero-order valence-corrected chi connectivity index (χ0v) is 19.6. The van der Waals surface area contributed by atoms with Crippen molar-refractivity contribution in [2.24, 2.45) is 0 Å². The van der Waals surface area contributed by atoms with Gasteiger partial charge in [0.1, 0.15) is 23.2 Å². The van der Waals surface area contributed by atoms with E-state index >= 15 is 0 Å². The van der Waals surface area contributed by atoms with E-state index in [0.29, 0.717) is 43.5 Å². The van der Waals surface area contributed by atoms with Gasteiger partial charge < -0.3 is 19.5 Å². The van der Waals surface area contributed by atoms with Gasteiger partial charge in [-0.2, -0.15) is 0 Å². The summed E-state index contributed by atoms with van der Waals surface area (Å²) in [5.41, 5.74) is 2.10. The number of hydrogen-bond donors (Lipinski definition) is 1. The molecule has 0 spiro atoms. The van der Waals surface area contributed by atoms with Gasteiger partial charge in [0.05, 0.1) is 18.6 Å². The van der Waals surface area contributed by atoms with Gasteiger partial charge in [-0.25, -0.2) is 9.37 Å². The van der Waals surface area contributed by atoms with Crippen LogP contribution in [0.4, 0.5) is 10.2 Å². The second-order valence-corrected chi connectivity index (χ2v) is 8.82. The zero-order chi connectivity index (χ0) is 24.4. The Kier molecular flexibility index (Phi) is 6.54. The molecule has 0 unspecified atom stereocenters. The SMILES string of the molecule is COCCC(=O)N1CCc2cc(F)c(C(=O)Nc3cccc(-c4nnc5n4CCCC5)n3)cc2C1. The van der Waals surface area contributed by atoms with Crippen molar-refractivity contribution in [1.29, 1.82) is 0 Å². The van der Waals surface area contributed by atoms with E-state index in [-0.39, 0.29) is 17.9 Å². The number of pyridine rings is 1. The summed E-state index contributed by atoms with van der Waals surface area (Å²) in [7, 11) is 1.55. The first kappa shape index (κ1) is 23.1. The average molecular weight is 479 g/mol. The normalized spacial score (nSPS) is 14.9. The van der Waals surface area contributed by atoms with Crippen molar-refractivity contribution in [2.45, 2.75) is 45.2 Å². The molecule has 0 aliphatic carbocycles. The Labute approximate surface area is 202 Å². The van der Waals surface area contributed by atoms with E-state index in [4.69, 9.17) is 4.74 Å². The minimum Gasteiger partial charge on any atom is -0.384 e. The summed E-state index contributed by atoms with van der Waals surface area (Å²) in [4.78, 5) is 31.6. The molecule has 0 bridgehead atoms. The molecule has 2 aliphatic rings. The van der Waals surface area contributed by atoms with E-state index in [2.05, 4.69) is 25.1 Å². The zero-order valence-electron chi connectivity index (χ0n) is 19.6. The number of benzene rings is 1. The number of aromatic nitrogens is 4. The highest BCUT2D eigenvalue weighted by Crippen LogP contribution is 2.25. The van der Waals surface area contributed by atoms with Crippen LogP contribution in [-0.2, 0) is 35.5 Å². The molecule has 1 N–H and O–H groups in total.